The lowest BCUT2D eigenvalue weighted by molar-refractivity contribution is -0.138. The summed E-state index contributed by atoms with van der Waals surface area (Å²) < 4.78 is 0. The van der Waals surface area contributed by atoms with E-state index in [1.807, 2.05) is 17.0 Å². The molecule has 1 amide bonds. The van der Waals surface area contributed by atoms with Gasteiger partial charge in [0.2, 0.25) is 6.41 Å². The average Bonchev–Trinajstić information content (AvgIpc) is 2.79. The van der Waals surface area contributed by atoms with Crippen LogP contribution in [0.15, 0.2) is 30.0 Å². The number of aryl methyl sites for hydroxylation is 1. The fraction of sp³-hybridized carbons (Fsp3) is 0.643. The van der Waals surface area contributed by atoms with Gasteiger partial charge in [-0.25, -0.2) is 0 Å². The van der Waals surface area contributed by atoms with E-state index in [-0.39, 0.29) is 24.3 Å². The van der Waals surface area contributed by atoms with Crippen LogP contribution in [0, 0.1) is 5.92 Å². The molecule has 6 nitrogen and oxygen atoms in total. The number of carboxylic acids is 1. The van der Waals surface area contributed by atoms with Gasteiger partial charge in [-0.15, -0.1) is 0 Å². The molecule has 0 saturated carbocycles. The number of unbranched alkanes of at least 4 members (excludes halogenated alkanes) is 3. The standard InChI is InChI=1S/C28H44N2O4/c1-6-8-10-12-22-15-16-23(18-25(22)32)28(5)24(21(3)4)19-29(17-11-14-27(33)34)26(13-9-7-2)30(28)20-31/h15-16,18-21,26,32H,6-14,17H2,1-5H3,(H,33,34). The van der Waals surface area contributed by atoms with Crippen LogP contribution in [0.2, 0.25) is 0 Å². The number of phenolic OH excluding ortho intramolecular Hbond substituents is 1. The molecular weight excluding hydrogens is 428 g/mol. The van der Waals surface area contributed by atoms with Gasteiger partial charge >= 0.3 is 5.97 Å². The summed E-state index contributed by atoms with van der Waals surface area (Å²) in [7, 11) is 0. The Labute approximate surface area is 205 Å². The van der Waals surface area contributed by atoms with E-state index >= 15 is 0 Å². The molecule has 0 fully saturated rings. The Morgan fingerprint density at radius 2 is 1.85 bits per heavy atom. The topological polar surface area (TPSA) is 81.1 Å². The molecule has 0 radical (unpaired) electrons. The van der Waals surface area contributed by atoms with Gasteiger partial charge in [-0.05, 0) is 67.7 Å². The first-order chi connectivity index (χ1) is 16.2. The normalized spacial score (nSPS) is 20.5. The molecule has 1 aromatic rings. The lowest BCUT2D eigenvalue weighted by atomic mass is 9.75. The Kier molecular flexibility index (Phi) is 10.5. The molecule has 2 unspecified atom stereocenters. The fourth-order valence-electron chi connectivity index (χ4n) is 5.16. The Morgan fingerprint density at radius 3 is 2.41 bits per heavy atom. The lowest BCUT2D eigenvalue weighted by Gasteiger charge is -2.54. The van der Waals surface area contributed by atoms with E-state index in [4.69, 9.17) is 5.11 Å². The largest absolute Gasteiger partial charge is 0.508 e. The van der Waals surface area contributed by atoms with Gasteiger partial charge in [0.05, 0.1) is 5.54 Å². The maximum atomic E-state index is 12.7. The van der Waals surface area contributed by atoms with Crippen LogP contribution in [0.1, 0.15) is 97.1 Å². The van der Waals surface area contributed by atoms with Crippen molar-refractivity contribution in [3.63, 3.8) is 0 Å². The minimum atomic E-state index is -0.804. The zero-order chi connectivity index (χ0) is 25.3. The van der Waals surface area contributed by atoms with Crippen LogP contribution < -0.4 is 0 Å². The molecule has 190 valence electrons. The number of aliphatic carboxylic acids is 1. The van der Waals surface area contributed by atoms with Crippen LogP contribution in [-0.4, -0.2) is 45.1 Å². The molecule has 2 atom stereocenters. The van der Waals surface area contributed by atoms with Gasteiger partial charge < -0.3 is 20.0 Å². The Balaban J connectivity index is 2.52. The fourth-order valence-corrected chi connectivity index (χ4v) is 5.16. The highest BCUT2D eigenvalue weighted by atomic mass is 16.4. The van der Waals surface area contributed by atoms with Crippen molar-refractivity contribution in [2.24, 2.45) is 5.92 Å². The molecule has 0 bridgehead atoms. The highest BCUT2D eigenvalue weighted by molar-refractivity contribution is 5.66. The molecule has 0 aliphatic carbocycles. The quantitative estimate of drug-likeness (QED) is 0.255. The minimum absolute atomic E-state index is 0.105. The van der Waals surface area contributed by atoms with Gasteiger partial charge in [0.15, 0.2) is 0 Å². The third-order valence-corrected chi connectivity index (χ3v) is 7.14. The number of hydrogen-bond acceptors (Lipinski definition) is 4. The molecule has 34 heavy (non-hydrogen) atoms. The summed E-state index contributed by atoms with van der Waals surface area (Å²) in [5.41, 5.74) is 2.24. The summed E-state index contributed by atoms with van der Waals surface area (Å²) >= 11 is 0. The van der Waals surface area contributed by atoms with Crippen molar-refractivity contribution in [1.29, 1.82) is 0 Å². The van der Waals surface area contributed by atoms with Crippen molar-refractivity contribution in [3.8, 4) is 5.75 Å². The van der Waals surface area contributed by atoms with Crippen LogP contribution in [-0.2, 0) is 21.5 Å². The number of nitrogens with zero attached hydrogens (tertiary/aromatic N) is 2. The zero-order valence-electron chi connectivity index (χ0n) is 21.7. The zero-order valence-corrected chi connectivity index (χ0v) is 21.7. The molecule has 0 saturated heterocycles. The van der Waals surface area contributed by atoms with Gasteiger partial charge in [0, 0.05) is 19.2 Å². The van der Waals surface area contributed by atoms with E-state index < -0.39 is 11.5 Å². The van der Waals surface area contributed by atoms with Gasteiger partial charge in [-0.1, -0.05) is 59.1 Å². The number of hydrogen-bond donors (Lipinski definition) is 2. The van der Waals surface area contributed by atoms with E-state index in [2.05, 4.69) is 51.8 Å². The van der Waals surface area contributed by atoms with E-state index in [0.29, 0.717) is 13.0 Å². The number of phenols is 1. The SMILES string of the molecule is CCCCCc1ccc(C2(C)C(C(C)C)=CN(CCCC(=O)O)C(CCCC)N2C=O)cc1O. The third kappa shape index (κ3) is 6.34. The smallest absolute Gasteiger partial charge is 0.303 e. The second-order valence-corrected chi connectivity index (χ2v) is 9.98. The van der Waals surface area contributed by atoms with Gasteiger partial charge in [-0.2, -0.15) is 0 Å². The van der Waals surface area contributed by atoms with Gasteiger partial charge in [0.1, 0.15) is 11.9 Å². The van der Waals surface area contributed by atoms with Crippen LogP contribution in [0.3, 0.4) is 0 Å². The molecule has 1 aliphatic heterocycles. The van der Waals surface area contributed by atoms with Crippen molar-refractivity contribution in [2.75, 3.05) is 6.54 Å². The van der Waals surface area contributed by atoms with E-state index in [9.17, 15) is 14.7 Å². The molecule has 1 aliphatic rings. The Hall–Kier alpha value is -2.50. The van der Waals surface area contributed by atoms with Crippen LogP contribution in [0.25, 0.3) is 0 Å². The number of carbonyl (C=O) groups is 2. The molecule has 6 heteroatoms. The van der Waals surface area contributed by atoms with E-state index in [0.717, 1.165) is 68.1 Å². The van der Waals surface area contributed by atoms with Crippen LogP contribution in [0.5, 0.6) is 5.75 Å². The van der Waals surface area contributed by atoms with Crippen molar-refractivity contribution < 1.29 is 19.8 Å². The number of carboxylic acid groups (broad SMARTS) is 1. The molecule has 1 heterocycles. The summed E-state index contributed by atoms with van der Waals surface area (Å²) in [4.78, 5) is 27.8. The second-order valence-electron chi connectivity index (χ2n) is 9.98. The first-order valence-electron chi connectivity index (χ1n) is 13.0. The molecule has 1 aromatic carbocycles. The maximum absolute atomic E-state index is 12.7. The average molecular weight is 473 g/mol. The molecule has 0 aromatic heterocycles. The number of aromatic hydroxyl groups is 1. The Bertz CT molecular complexity index is 851. The van der Waals surface area contributed by atoms with E-state index in [1.165, 1.54) is 0 Å². The van der Waals surface area contributed by atoms with Gasteiger partial charge in [-0.3, -0.25) is 9.59 Å². The molecular formula is C28H44N2O4. The Morgan fingerprint density at radius 1 is 1.15 bits per heavy atom. The summed E-state index contributed by atoms with van der Waals surface area (Å²) in [6.45, 7) is 11.2. The lowest BCUT2D eigenvalue weighted by Crippen LogP contribution is -2.59. The molecule has 0 spiro atoms. The summed E-state index contributed by atoms with van der Waals surface area (Å²) in [6, 6.07) is 5.91. The van der Waals surface area contributed by atoms with E-state index in [1.54, 1.807) is 0 Å². The number of carbonyl (C=O) groups excluding carboxylic acids is 1. The molecule has 2 N–H and O–H groups in total. The summed E-state index contributed by atoms with van der Waals surface area (Å²) in [6.07, 6.45) is 10.5. The van der Waals surface area contributed by atoms with Crippen molar-refractivity contribution in [2.45, 2.75) is 104 Å². The first-order valence-corrected chi connectivity index (χ1v) is 13.0. The summed E-state index contributed by atoms with van der Waals surface area (Å²) in [5.74, 6) is -0.354. The minimum Gasteiger partial charge on any atom is -0.508 e. The van der Waals surface area contributed by atoms with Crippen LogP contribution >= 0.6 is 0 Å². The highest BCUT2D eigenvalue weighted by Crippen LogP contribution is 2.45. The summed E-state index contributed by atoms with van der Waals surface area (Å²) in [5, 5.41) is 20.0. The van der Waals surface area contributed by atoms with Crippen LogP contribution in [0.4, 0.5) is 0 Å². The predicted molar refractivity (Wildman–Crippen MR) is 136 cm³/mol. The number of rotatable bonds is 14. The molecule has 2 rings (SSSR count). The van der Waals surface area contributed by atoms with Gasteiger partial charge in [0.25, 0.3) is 0 Å². The predicted octanol–water partition coefficient (Wildman–Crippen LogP) is 6.04. The number of amides is 1. The third-order valence-electron chi connectivity index (χ3n) is 7.14. The number of benzene rings is 1. The van der Waals surface area contributed by atoms with Crippen molar-refractivity contribution in [1.82, 2.24) is 9.80 Å². The maximum Gasteiger partial charge on any atom is 0.303 e. The first kappa shape index (κ1) is 27.7. The highest BCUT2D eigenvalue weighted by Gasteiger charge is 2.46. The monoisotopic (exact) mass is 472 g/mol. The second kappa shape index (κ2) is 12.8. The van der Waals surface area contributed by atoms with Crippen molar-refractivity contribution in [3.05, 3.63) is 41.1 Å². The van der Waals surface area contributed by atoms with Crippen molar-refractivity contribution >= 4 is 12.4 Å².